The highest BCUT2D eigenvalue weighted by atomic mass is 19.3. The Kier molecular flexibility index (Phi) is 6.94. The minimum absolute atomic E-state index is 0.0339. The minimum atomic E-state index is -2.93. The molecule has 0 spiro atoms. The van der Waals surface area contributed by atoms with Crippen LogP contribution >= 0.6 is 0 Å². The second-order valence-electron chi connectivity index (χ2n) is 6.86. The Morgan fingerprint density at radius 3 is 2.60 bits per heavy atom. The van der Waals surface area contributed by atoms with E-state index in [-0.39, 0.29) is 24.2 Å². The van der Waals surface area contributed by atoms with E-state index in [0.29, 0.717) is 24.6 Å². The fraction of sp³-hybridized carbons (Fsp3) is 0.381. The van der Waals surface area contributed by atoms with Crippen molar-refractivity contribution in [1.82, 2.24) is 10.2 Å². The molecule has 3 rings (SSSR count). The topological polar surface area (TPSA) is 69.3 Å². The molecule has 9 heteroatoms. The molecule has 1 atom stereocenters. The van der Waals surface area contributed by atoms with E-state index in [0.717, 1.165) is 11.1 Å². The van der Waals surface area contributed by atoms with Crippen LogP contribution in [0.3, 0.4) is 0 Å². The normalized spacial score (nSPS) is 13.4. The van der Waals surface area contributed by atoms with Crippen molar-refractivity contribution in [3.63, 3.8) is 0 Å². The Bertz CT molecular complexity index is 894. The standard InChI is InChI=1S/C21H24F2N2O5/c1-13(20(26)24-10-14-4-6-16-19(8-14)29-12-28-16)25(2)11-15-5-7-17(30-21(22)23)18(9-15)27-3/h4-9,13,21H,10-12H2,1-3H3,(H,24,26)/t13-/m1/s1. The molecular formula is C21H24F2N2O5. The second kappa shape index (κ2) is 9.62. The molecule has 1 aliphatic rings. The average Bonchev–Trinajstić information content (AvgIpc) is 3.20. The summed E-state index contributed by atoms with van der Waals surface area (Å²) in [7, 11) is 3.19. The van der Waals surface area contributed by atoms with E-state index in [1.54, 1.807) is 26.1 Å². The highest BCUT2D eigenvalue weighted by Crippen LogP contribution is 2.32. The number of alkyl halides is 2. The van der Waals surface area contributed by atoms with E-state index in [9.17, 15) is 13.6 Å². The SMILES string of the molecule is COc1cc(CN(C)[C@H](C)C(=O)NCc2ccc3c(c2)OCO3)ccc1OC(F)F. The van der Waals surface area contributed by atoms with Crippen LogP contribution in [0.5, 0.6) is 23.0 Å². The van der Waals surface area contributed by atoms with E-state index in [2.05, 4.69) is 10.1 Å². The van der Waals surface area contributed by atoms with Crippen molar-refractivity contribution in [3.05, 3.63) is 47.5 Å². The maximum absolute atomic E-state index is 12.5. The lowest BCUT2D eigenvalue weighted by Gasteiger charge is -2.24. The lowest BCUT2D eigenvalue weighted by molar-refractivity contribution is -0.125. The van der Waals surface area contributed by atoms with Crippen molar-refractivity contribution < 1.29 is 32.5 Å². The maximum atomic E-state index is 12.5. The van der Waals surface area contributed by atoms with Crippen molar-refractivity contribution in [2.45, 2.75) is 32.7 Å². The van der Waals surface area contributed by atoms with Crippen LogP contribution in [0.25, 0.3) is 0 Å². The van der Waals surface area contributed by atoms with Gasteiger partial charge >= 0.3 is 6.61 Å². The van der Waals surface area contributed by atoms with Crippen molar-refractivity contribution in [1.29, 1.82) is 0 Å². The smallest absolute Gasteiger partial charge is 0.387 e. The van der Waals surface area contributed by atoms with Crippen LogP contribution in [0, 0.1) is 0 Å². The van der Waals surface area contributed by atoms with Crippen LogP contribution in [0.2, 0.25) is 0 Å². The molecule has 0 unspecified atom stereocenters. The zero-order chi connectivity index (χ0) is 21.7. The number of amides is 1. The number of benzene rings is 2. The Labute approximate surface area is 173 Å². The molecule has 1 heterocycles. The fourth-order valence-corrected chi connectivity index (χ4v) is 3.02. The van der Waals surface area contributed by atoms with Crippen molar-refractivity contribution in [3.8, 4) is 23.0 Å². The van der Waals surface area contributed by atoms with Crippen LogP contribution in [-0.2, 0) is 17.9 Å². The molecule has 2 aromatic carbocycles. The lowest BCUT2D eigenvalue weighted by atomic mass is 10.1. The molecule has 1 aliphatic heterocycles. The number of nitrogens with one attached hydrogen (secondary N) is 1. The summed E-state index contributed by atoms with van der Waals surface area (Å²) in [6, 6.07) is 9.82. The van der Waals surface area contributed by atoms with Crippen LogP contribution in [0.4, 0.5) is 8.78 Å². The summed E-state index contributed by atoms with van der Waals surface area (Å²) in [5.41, 5.74) is 1.70. The maximum Gasteiger partial charge on any atom is 0.387 e. The molecule has 0 bridgehead atoms. The first-order valence-corrected chi connectivity index (χ1v) is 9.35. The van der Waals surface area contributed by atoms with Gasteiger partial charge < -0.3 is 24.3 Å². The number of likely N-dealkylation sites (N-methyl/N-ethyl adjacent to an activating group) is 1. The number of methoxy groups -OCH3 is 1. The quantitative estimate of drug-likeness (QED) is 0.670. The summed E-state index contributed by atoms with van der Waals surface area (Å²) in [5, 5.41) is 2.90. The summed E-state index contributed by atoms with van der Waals surface area (Å²) < 4.78 is 45.1. The molecule has 1 amide bonds. The number of ether oxygens (including phenoxy) is 4. The van der Waals surface area contributed by atoms with E-state index in [4.69, 9.17) is 14.2 Å². The van der Waals surface area contributed by atoms with Gasteiger partial charge in [0.15, 0.2) is 23.0 Å². The molecule has 1 N–H and O–H groups in total. The molecule has 30 heavy (non-hydrogen) atoms. The van der Waals surface area contributed by atoms with Crippen LogP contribution in [0.15, 0.2) is 36.4 Å². The summed E-state index contributed by atoms with van der Waals surface area (Å²) >= 11 is 0. The first-order chi connectivity index (χ1) is 14.4. The van der Waals surface area contributed by atoms with Gasteiger partial charge in [0, 0.05) is 13.1 Å². The Morgan fingerprint density at radius 1 is 1.13 bits per heavy atom. The predicted molar refractivity (Wildman–Crippen MR) is 105 cm³/mol. The Morgan fingerprint density at radius 2 is 1.87 bits per heavy atom. The molecule has 0 radical (unpaired) electrons. The van der Waals surface area contributed by atoms with Crippen LogP contribution in [0.1, 0.15) is 18.1 Å². The van der Waals surface area contributed by atoms with Crippen molar-refractivity contribution in [2.24, 2.45) is 0 Å². The number of hydrogen-bond donors (Lipinski definition) is 1. The number of fused-ring (bicyclic) bond motifs is 1. The molecule has 162 valence electrons. The molecule has 0 aliphatic carbocycles. The fourth-order valence-electron chi connectivity index (χ4n) is 3.02. The number of carbonyl (C=O) groups is 1. The molecular weight excluding hydrogens is 398 g/mol. The van der Waals surface area contributed by atoms with Gasteiger partial charge in [-0.15, -0.1) is 0 Å². The Balaban J connectivity index is 1.55. The van der Waals surface area contributed by atoms with Gasteiger partial charge in [0.2, 0.25) is 12.7 Å². The van der Waals surface area contributed by atoms with Gasteiger partial charge in [-0.05, 0) is 49.4 Å². The third kappa shape index (κ3) is 5.29. The number of nitrogens with zero attached hydrogens (tertiary/aromatic N) is 1. The monoisotopic (exact) mass is 422 g/mol. The number of rotatable bonds is 9. The largest absolute Gasteiger partial charge is 0.493 e. The van der Waals surface area contributed by atoms with E-state index in [1.807, 2.05) is 23.1 Å². The zero-order valence-corrected chi connectivity index (χ0v) is 17.0. The minimum Gasteiger partial charge on any atom is -0.493 e. The predicted octanol–water partition coefficient (Wildman–Crippen LogP) is 3.16. The lowest BCUT2D eigenvalue weighted by Crippen LogP contribution is -2.42. The van der Waals surface area contributed by atoms with Crippen molar-refractivity contribution in [2.75, 3.05) is 21.0 Å². The van der Waals surface area contributed by atoms with E-state index >= 15 is 0 Å². The number of carbonyl (C=O) groups excluding carboxylic acids is 1. The zero-order valence-electron chi connectivity index (χ0n) is 17.0. The van der Waals surface area contributed by atoms with Crippen molar-refractivity contribution >= 4 is 5.91 Å². The third-order valence-corrected chi connectivity index (χ3v) is 4.82. The summed E-state index contributed by atoms with van der Waals surface area (Å²) in [6.45, 7) is -0.153. The first kappa shape index (κ1) is 21.6. The van der Waals surface area contributed by atoms with Crippen LogP contribution in [-0.4, -0.2) is 44.4 Å². The molecule has 0 saturated heterocycles. The second-order valence-corrected chi connectivity index (χ2v) is 6.86. The Hall–Kier alpha value is -3.07. The summed E-state index contributed by atoms with van der Waals surface area (Å²) in [6.07, 6.45) is 0. The van der Waals surface area contributed by atoms with Crippen LogP contribution < -0.4 is 24.3 Å². The highest BCUT2D eigenvalue weighted by molar-refractivity contribution is 5.81. The van der Waals surface area contributed by atoms with Gasteiger partial charge in [0.1, 0.15) is 0 Å². The van der Waals surface area contributed by atoms with E-state index < -0.39 is 12.7 Å². The highest BCUT2D eigenvalue weighted by Gasteiger charge is 2.20. The van der Waals surface area contributed by atoms with Gasteiger partial charge in [0.25, 0.3) is 0 Å². The number of halogens is 2. The van der Waals surface area contributed by atoms with Gasteiger partial charge in [-0.25, -0.2) is 0 Å². The van der Waals surface area contributed by atoms with Gasteiger partial charge in [0.05, 0.1) is 13.2 Å². The molecule has 0 fully saturated rings. The molecule has 0 aromatic heterocycles. The van der Waals surface area contributed by atoms with Gasteiger partial charge in [-0.3, -0.25) is 9.69 Å². The van der Waals surface area contributed by atoms with E-state index in [1.165, 1.54) is 13.2 Å². The molecule has 0 saturated carbocycles. The van der Waals surface area contributed by atoms with Gasteiger partial charge in [-0.1, -0.05) is 12.1 Å². The van der Waals surface area contributed by atoms with Gasteiger partial charge in [-0.2, -0.15) is 8.78 Å². The molecule has 7 nitrogen and oxygen atoms in total. The number of hydrogen-bond acceptors (Lipinski definition) is 6. The third-order valence-electron chi connectivity index (χ3n) is 4.82. The molecule has 2 aromatic rings. The first-order valence-electron chi connectivity index (χ1n) is 9.35. The summed E-state index contributed by atoms with van der Waals surface area (Å²) in [5.74, 6) is 1.40. The summed E-state index contributed by atoms with van der Waals surface area (Å²) in [4.78, 5) is 14.4. The average molecular weight is 422 g/mol.